The van der Waals surface area contributed by atoms with Crippen LogP contribution in [0.4, 0.5) is 0 Å². The zero-order chi connectivity index (χ0) is 20.1. The Kier molecular flexibility index (Phi) is 6.20. The second kappa shape index (κ2) is 9.19. The Hall–Kier alpha value is -2.72. The Labute approximate surface area is 173 Å². The molecule has 0 amide bonds. The molecule has 3 aromatic rings. The van der Waals surface area contributed by atoms with Gasteiger partial charge in [0.05, 0.1) is 5.69 Å². The monoisotopic (exact) mass is 390 g/mol. The number of phenols is 1. The Morgan fingerprint density at radius 2 is 1.55 bits per heavy atom. The van der Waals surface area contributed by atoms with Gasteiger partial charge in [0.1, 0.15) is 18.1 Å². The van der Waals surface area contributed by atoms with Gasteiger partial charge in [0.15, 0.2) is 0 Å². The van der Waals surface area contributed by atoms with Crippen molar-refractivity contribution in [3.63, 3.8) is 0 Å². The molecule has 2 heterocycles. The third kappa shape index (κ3) is 4.65. The molecule has 1 saturated heterocycles. The minimum absolute atomic E-state index is 0.288. The number of aromatic nitrogens is 1. The molecule has 0 radical (unpaired) electrons. The van der Waals surface area contributed by atoms with E-state index in [1.165, 1.54) is 49.2 Å². The molecule has 4 rings (SSSR count). The van der Waals surface area contributed by atoms with E-state index in [1.54, 1.807) is 12.1 Å². The molecule has 1 aromatic heterocycles. The summed E-state index contributed by atoms with van der Waals surface area (Å²) < 4.78 is 8.22. The summed E-state index contributed by atoms with van der Waals surface area (Å²) in [6, 6.07) is 18.0. The smallest absolute Gasteiger partial charge is 0.119 e. The number of benzene rings is 2. The summed E-state index contributed by atoms with van der Waals surface area (Å²) in [5, 5.41) is 9.63. The maximum atomic E-state index is 9.63. The highest BCUT2D eigenvalue weighted by Crippen LogP contribution is 2.34. The first kappa shape index (κ1) is 19.6. The number of rotatable bonds is 7. The minimum Gasteiger partial charge on any atom is -0.508 e. The van der Waals surface area contributed by atoms with E-state index in [9.17, 15) is 5.11 Å². The quantitative estimate of drug-likeness (QED) is 0.586. The minimum atomic E-state index is 0.288. The number of likely N-dealkylation sites (tertiary alicyclic amines) is 1. The molecule has 0 atom stereocenters. The summed E-state index contributed by atoms with van der Waals surface area (Å²) in [7, 11) is 0. The number of phenolic OH excluding ortho intramolecular Hbond substituents is 1. The zero-order valence-electron chi connectivity index (χ0n) is 17.2. The molecule has 152 valence electrons. The highest BCUT2D eigenvalue weighted by atomic mass is 16.5. The molecule has 0 aliphatic carbocycles. The van der Waals surface area contributed by atoms with E-state index in [4.69, 9.17) is 4.74 Å². The number of nitrogens with zero attached hydrogens (tertiary/aromatic N) is 2. The van der Waals surface area contributed by atoms with Crippen LogP contribution in [-0.4, -0.2) is 40.8 Å². The molecule has 4 heteroatoms. The van der Waals surface area contributed by atoms with Gasteiger partial charge in [-0.25, -0.2) is 0 Å². The second-order valence-corrected chi connectivity index (χ2v) is 7.69. The first-order valence-corrected chi connectivity index (χ1v) is 10.7. The fourth-order valence-corrected chi connectivity index (χ4v) is 4.12. The van der Waals surface area contributed by atoms with Crippen LogP contribution in [0.1, 0.15) is 26.2 Å². The SMILES string of the molecule is CCn1ccc(-c2ccc(OCCN3CCCCC3)cc2)c1-c1ccc(O)cc1. The van der Waals surface area contributed by atoms with E-state index < -0.39 is 0 Å². The third-order valence-corrected chi connectivity index (χ3v) is 5.74. The highest BCUT2D eigenvalue weighted by Gasteiger charge is 2.13. The van der Waals surface area contributed by atoms with Crippen molar-refractivity contribution in [1.82, 2.24) is 9.47 Å². The largest absolute Gasteiger partial charge is 0.508 e. The number of aromatic hydroxyl groups is 1. The van der Waals surface area contributed by atoms with Crippen LogP contribution < -0.4 is 4.74 Å². The molecule has 1 N–H and O–H groups in total. The van der Waals surface area contributed by atoms with Crippen molar-refractivity contribution in [3.05, 3.63) is 60.8 Å². The summed E-state index contributed by atoms with van der Waals surface area (Å²) in [5.74, 6) is 1.21. The zero-order valence-corrected chi connectivity index (χ0v) is 17.2. The molecule has 1 aliphatic rings. The Balaban J connectivity index is 1.47. The van der Waals surface area contributed by atoms with Crippen LogP contribution >= 0.6 is 0 Å². The molecule has 0 saturated carbocycles. The number of hydrogen-bond donors (Lipinski definition) is 1. The second-order valence-electron chi connectivity index (χ2n) is 7.69. The lowest BCUT2D eigenvalue weighted by Crippen LogP contribution is -2.33. The lowest BCUT2D eigenvalue weighted by molar-refractivity contribution is 0.183. The number of ether oxygens (including phenoxy) is 1. The average Bonchev–Trinajstić information content (AvgIpc) is 3.20. The molecular formula is C25H30N2O2. The maximum absolute atomic E-state index is 9.63. The van der Waals surface area contributed by atoms with Gasteiger partial charge >= 0.3 is 0 Å². The Bertz CT molecular complexity index is 907. The summed E-state index contributed by atoms with van der Waals surface area (Å²) in [5.41, 5.74) is 4.64. The first-order chi connectivity index (χ1) is 14.2. The molecule has 1 aliphatic heterocycles. The standard InChI is InChI=1S/C25H30N2O2/c1-2-27-17-14-24(25(27)21-6-10-22(28)11-7-21)20-8-12-23(13-9-20)29-19-18-26-15-4-3-5-16-26/h6-14,17,28H,2-5,15-16,18-19H2,1H3. The number of piperidine rings is 1. The van der Waals surface area contributed by atoms with E-state index in [0.29, 0.717) is 0 Å². The molecule has 0 spiro atoms. The van der Waals surface area contributed by atoms with Crippen molar-refractivity contribution in [2.75, 3.05) is 26.2 Å². The van der Waals surface area contributed by atoms with Crippen molar-refractivity contribution >= 4 is 0 Å². The van der Waals surface area contributed by atoms with Gasteiger partial charge in [0.2, 0.25) is 0 Å². The molecule has 0 bridgehead atoms. The van der Waals surface area contributed by atoms with E-state index in [0.717, 1.165) is 31.0 Å². The van der Waals surface area contributed by atoms with Gasteiger partial charge in [-0.05, 0) is 86.4 Å². The van der Waals surface area contributed by atoms with Crippen LogP contribution in [0.25, 0.3) is 22.4 Å². The summed E-state index contributed by atoms with van der Waals surface area (Å²) in [6.45, 7) is 7.20. The van der Waals surface area contributed by atoms with E-state index >= 15 is 0 Å². The lowest BCUT2D eigenvalue weighted by Gasteiger charge is -2.26. The van der Waals surface area contributed by atoms with E-state index in [2.05, 4.69) is 52.9 Å². The average molecular weight is 391 g/mol. The summed E-state index contributed by atoms with van der Waals surface area (Å²) in [4.78, 5) is 2.50. The van der Waals surface area contributed by atoms with Crippen LogP contribution in [-0.2, 0) is 6.54 Å². The third-order valence-electron chi connectivity index (χ3n) is 5.74. The van der Waals surface area contributed by atoms with Crippen molar-refractivity contribution < 1.29 is 9.84 Å². The van der Waals surface area contributed by atoms with Crippen LogP contribution in [0.3, 0.4) is 0 Å². The maximum Gasteiger partial charge on any atom is 0.119 e. The number of aryl methyl sites for hydroxylation is 1. The predicted octanol–water partition coefficient (Wildman–Crippen LogP) is 5.41. The van der Waals surface area contributed by atoms with Crippen molar-refractivity contribution in [2.24, 2.45) is 0 Å². The van der Waals surface area contributed by atoms with Gasteiger partial charge in [-0.1, -0.05) is 18.6 Å². The van der Waals surface area contributed by atoms with Crippen LogP contribution in [0.2, 0.25) is 0 Å². The van der Waals surface area contributed by atoms with Gasteiger partial charge in [-0.2, -0.15) is 0 Å². The highest BCUT2D eigenvalue weighted by molar-refractivity contribution is 5.82. The lowest BCUT2D eigenvalue weighted by atomic mass is 10.0. The summed E-state index contributed by atoms with van der Waals surface area (Å²) >= 11 is 0. The van der Waals surface area contributed by atoms with Crippen LogP contribution in [0, 0.1) is 0 Å². The number of hydrogen-bond acceptors (Lipinski definition) is 3. The van der Waals surface area contributed by atoms with Crippen molar-refractivity contribution in [2.45, 2.75) is 32.7 Å². The Morgan fingerprint density at radius 1 is 0.862 bits per heavy atom. The molecule has 1 fully saturated rings. The van der Waals surface area contributed by atoms with Crippen LogP contribution in [0.5, 0.6) is 11.5 Å². The van der Waals surface area contributed by atoms with E-state index in [1.807, 2.05) is 12.1 Å². The molecule has 0 unspecified atom stereocenters. The van der Waals surface area contributed by atoms with E-state index in [-0.39, 0.29) is 5.75 Å². The predicted molar refractivity (Wildman–Crippen MR) is 118 cm³/mol. The van der Waals surface area contributed by atoms with Gasteiger partial charge in [0, 0.05) is 24.8 Å². The summed E-state index contributed by atoms with van der Waals surface area (Å²) in [6.07, 6.45) is 6.12. The first-order valence-electron chi connectivity index (χ1n) is 10.7. The molecular weight excluding hydrogens is 360 g/mol. The topological polar surface area (TPSA) is 37.6 Å². The van der Waals surface area contributed by atoms with Gasteiger partial charge in [0.25, 0.3) is 0 Å². The molecule has 2 aromatic carbocycles. The normalized spacial score (nSPS) is 14.8. The van der Waals surface area contributed by atoms with Crippen molar-refractivity contribution in [1.29, 1.82) is 0 Å². The molecule has 29 heavy (non-hydrogen) atoms. The van der Waals surface area contributed by atoms with Gasteiger partial charge < -0.3 is 14.4 Å². The fourth-order valence-electron chi connectivity index (χ4n) is 4.12. The van der Waals surface area contributed by atoms with Gasteiger partial charge in [-0.15, -0.1) is 0 Å². The van der Waals surface area contributed by atoms with Crippen LogP contribution in [0.15, 0.2) is 60.8 Å². The van der Waals surface area contributed by atoms with Crippen molar-refractivity contribution in [3.8, 4) is 33.9 Å². The van der Waals surface area contributed by atoms with Gasteiger partial charge in [-0.3, -0.25) is 4.90 Å². The Morgan fingerprint density at radius 3 is 2.24 bits per heavy atom. The fraction of sp³-hybridized carbons (Fsp3) is 0.360. The molecule has 4 nitrogen and oxygen atoms in total.